The summed E-state index contributed by atoms with van der Waals surface area (Å²) in [6, 6.07) is 0.235. The van der Waals surface area contributed by atoms with Gasteiger partial charge in [0.2, 0.25) is 5.91 Å². The largest absolute Gasteiger partial charge is 0.388 e. The summed E-state index contributed by atoms with van der Waals surface area (Å²) in [5.74, 6) is 0.0980. The van der Waals surface area contributed by atoms with Crippen molar-refractivity contribution in [3.8, 4) is 0 Å². The molecule has 2 heterocycles. The summed E-state index contributed by atoms with van der Waals surface area (Å²) >= 11 is 0. The molecule has 2 atom stereocenters. The lowest BCUT2D eigenvalue weighted by atomic mass is 9.93. The van der Waals surface area contributed by atoms with Crippen molar-refractivity contribution in [3.05, 3.63) is 0 Å². The highest BCUT2D eigenvalue weighted by molar-refractivity contribution is 5.79. The Morgan fingerprint density at radius 3 is 2.82 bits per heavy atom. The molecule has 0 bridgehead atoms. The Bertz CT molecular complexity index is 277. The molecule has 0 aromatic carbocycles. The smallest absolute Gasteiger partial charge is 0.224 e. The maximum Gasteiger partial charge on any atom is 0.224 e. The highest BCUT2D eigenvalue weighted by atomic mass is 16.5. The van der Waals surface area contributed by atoms with Gasteiger partial charge in [-0.3, -0.25) is 4.79 Å². The van der Waals surface area contributed by atoms with Crippen LogP contribution in [0.3, 0.4) is 0 Å². The summed E-state index contributed by atoms with van der Waals surface area (Å²) in [6.45, 7) is 4.43. The lowest BCUT2D eigenvalue weighted by molar-refractivity contribution is -0.127. The van der Waals surface area contributed by atoms with E-state index in [1.165, 1.54) is 0 Å². The van der Waals surface area contributed by atoms with Crippen LogP contribution in [-0.2, 0) is 9.53 Å². The molecular weight excluding hydrogens is 220 g/mol. The number of hydrogen-bond acceptors (Lipinski definition) is 4. The zero-order chi connectivity index (χ0) is 12.3. The Morgan fingerprint density at radius 1 is 1.53 bits per heavy atom. The molecule has 2 saturated heterocycles. The van der Waals surface area contributed by atoms with Gasteiger partial charge in [-0.25, -0.2) is 0 Å². The molecule has 0 aromatic rings. The van der Waals surface area contributed by atoms with Gasteiger partial charge in [0.05, 0.1) is 11.5 Å². The average Bonchev–Trinajstić information content (AvgIpc) is 2.74. The lowest BCUT2D eigenvalue weighted by Crippen LogP contribution is -2.48. The van der Waals surface area contributed by atoms with E-state index in [1.54, 1.807) is 0 Å². The molecule has 98 valence electrons. The van der Waals surface area contributed by atoms with E-state index in [0.717, 1.165) is 13.0 Å². The Kier molecular flexibility index (Phi) is 4.01. The first kappa shape index (κ1) is 12.8. The lowest BCUT2D eigenvalue weighted by Gasteiger charge is -2.32. The maximum absolute atomic E-state index is 11.9. The quantitative estimate of drug-likeness (QED) is 0.632. The second-order valence-electron chi connectivity index (χ2n) is 5.19. The zero-order valence-corrected chi connectivity index (χ0v) is 10.4. The van der Waals surface area contributed by atoms with E-state index in [0.29, 0.717) is 32.6 Å². The van der Waals surface area contributed by atoms with E-state index < -0.39 is 5.60 Å². The van der Waals surface area contributed by atoms with Crippen molar-refractivity contribution in [2.24, 2.45) is 5.92 Å². The molecule has 5 heteroatoms. The highest BCUT2D eigenvalue weighted by Crippen LogP contribution is 2.20. The fourth-order valence-corrected chi connectivity index (χ4v) is 2.53. The number of ether oxygens (including phenoxy) is 1. The van der Waals surface area contributed by atoms with Crippen LogP contribution in [0.1, 0.15) is 26.2 Å². The number of rotatable bonds is 3. The summed E-state index contributed by atoms with van der Waals surface area (Å²) in [4.78, 5) is 11.9. The number of carbonyl (C=O) groups excluding carboxylic acids is 1. The van der Waals surface area contributed by atoms with Crippen molar-refractivity contribution in [1.82, 2.24) is 10.6 Å². The first-order valence-corrected chi connectivity index (χ1v) is 6.42. The standard InChI is InChI=1S/C12H22N2O3/c1-9-10(2-5-13-9)11(15)14-8-12(16)3-6-17-7-4-12/h9-10,13,16H,2-8H2,1H3,(H,14,15). The third kappa shape index (κ3) is 3.18. The van der Waals surface area contributed by atoms with Crippen molar-refractivity contribution in [2.75, 3.05) is 26.3 Å². The van der Waals surface area contributed by atoms with Crippen LogP contribution in [0, 0.1) is 5.92 Å². The molecule has 1 amide bonds. The average molecular weight is 242 g/mol. The molecule has 0 spiro atoms. The molecule has 2 aliphatic heterocycles. The highest BCUT2D eigenvalue weighted by Gasteiger charge is 2.33. The van der Waals surface area contributed by atoms with E-state index in [2.05, 4.69) is 10.6 Å². The van der Waals surface area contributed by atoms with Gasteiger partial charge in [0, 0.05) is 38.6 Å². The molecule has 0 saturated carbocycles. The van der Waals surface area contributed by atoms with Gasteiger partial charge in [0.15, 0.2) is 0 Å². The molecule has 2 aliphatic rings. The fourth-order valence-electron chi connectivity index (χ4n) is 2.53. The number of carbonyl (C=O) groups is 1. The Labute approximate surface area is 102 Å². The van der Waals surface area contributed by atoms with Gasteiger partial charge in [0.1, 0.15) is 0 Å². The first-order valence-electron chi connectivity index (χ1n) is 6.42. The summed E-state index contributed by atoms with van der Waals surface area (Å²) < 4.78 is 5.21. The van der Waals surface area contributed by atoms with Crippen LogP contribution in [-0.4, -0.2) is 49.0 Å². The minimum absolute atomic E-state index is 0.0402. The number of amides is 1. The molecule has 0 aromatic heterocycles. The van der Waals surface area contributed by atoms with Gasteiger partial charge in [-0.1, -0.05) is 0 Å². The van der Waals surface area contributed by atoms with Crippen LogP contribution < -0.4 is 10.6 Å². The normalized spacial score (nSPS) is 32.4. The predicted molar refractivity (Wildman–Crippen MR) is 63.6 cm³/mol. The number of hydrogen-bond donors (Lipinski definition) is 3. The van der Waals surface area contributed by atoms with Crippen LogP contribution in [0.25, 0.3) is 0 Å². The van der Waals surface area contributed by atoms with Gasteiger partial charge in [-0.05, 0) is 19.9 Å². The van der Waals surface area contributed by atoms with E-state index >= 15 is 0 Å². The summed E-state index contributed by atoms with van der Waals surface area (Å²) in [5, 5.41) is 16.4. The van der Waals surface area contributed by atoms with E-state index in [-0.39, 0.29) is 17.9 Å². The van der Waals surface area contributed by atoms with Crippen LogP contribution in [0.4, 0.5) is 0 Å². The van der Waals surface area contributed by atoms with Crippen LogP contribution in [0.5, 0.6) is 0 Å². The maximum atomic E-state index is 11.9. The Hall–Kier alpha value is -0.650. The second kappa shape index (κ2) is 5.33. The third-order valence-electron chi connectivity index (χ3n) is 3.88. The van der Waals surface area contributed by atoms with Crippen molar-refractivity contribution < 1.29 is 14.6 Å². The van der Waals surface area contributed by atoms with Crippen LogP contribution >= 0.6 is 0 Å². The third-order valence-corrected chi connectivity index (χ3v) is 3.88. The monoisotopic (exact) mass is 242 g/mol. The summed E-state index contributed by atoms with van der Waals surface area (Å²) in [7, 11) is 0. The summed E-state index contributed by atoms with van der Waals surface area (Å²) in [5.41, 5.74) is -0.775. The van der Waals surface area contributed by atoms with E-state index in [4.69, 9.17) is 4.74 Å². The number of nitrogens with one attached hydrogen (secondary N) is 2. The van der Waals surface area contributed by atoms with Gasteiger partial charge in [-0.15, -0.1) is 0 Å². The summed E-state index contributed by atoms with van der Waals surface area (Å²) in [6.07, 6.45) is 2.09. The SMILES string of the molecule is CC1NCCC1C(=O)NCC1(O)CCOCC1. The molecule has 0 aliphatic carbocycles. The van der Waals surface area contributed by atoms with Crippen LogP contribution in [0.2, 0.25) is 0 Å². The Balaban J connectivity index is 1.79. The van der Waals surface area contributed by atoms with Crippen LogP contribution in [0.15, 0.2) is 0 Å². The molecule has 3 N–H and O–H groups in total. The van der Waals surface area contributed by atoms with Crippen molar-refractivity contribution in [1.29, 1.82) is 0 Å². The zero-order valence-electron chi connectivity index (χ0n) is 10.4. The van der Waals surface area contributed by atoms with Crippen molar-refractivity contribution >= 4 is 5.91 Å². The Morgan fingerprint density at radius 2 is 2.24 bits per heavy atom. The van der Waals surface area contributed by atoms with E-state index in [1.807, 2.05) is 6.92 Å². The van der Waals surface area contributed by atoms with Gasteiger partial charge >= 0.3 is 0 Å². The van der Waals surface area contributed by atoms with Gasteiger partial charge in [0.25, 0.3) is 0 Å². The molecule has 0 radical (unpaired) electrons. The second-order valence-corrected chi connectivity index (χ2v) is 5.19. The molecule has 2 unspecified atom stereocenters. The molecule has 17 heavy (non-hydrogen) atoms. The van der Waals surface area contributed by atoms with Gasteiger partial charge in [-0.2, -0.15) is 0 Å². The number of aliphatic hydroxyl groups is 1. The van der Waals surface area contributed by atoms with E-state index in [9.17, 15) is 9.90 Å². The van der Waals surface area contributed by atoms with Crippen molar-refractivity contribution in [2.45, 2.75) is 37.8 Å². The predicted octanol–water partition coefficient (Wildman–Crippen LogP) is -0.358. The van der Waals surface area contributed by atoms with Gasteiger partial charge < -0.3 is 20.5 Å². The first-order chi connectivity index (χ1) is 8.11. The minimum Gasteiger partial charge on any atom is -0.388 e. The van der Waals surface area contributed by atoms with Crippen molar-refractivity contribution in [3.63, 3.8) is 0 Å². The minimum atomic E-state index is -0.775. The molecule has 2 fully saturated rings. The fraction of sp³-hybridized carbons (Fsp3) is 0.917. The molecule has 2 rings (SSSR count). The topological polar surface area (TPSA) is 70.6 Å². The molecule has 5 nitrogen and oxygen atoms in total. The molecular formula is C12H22N2O3.